The van der Waals surface area contributed by atoms with E-state index < -0.39 is 0 Å². The van der Waals surface area contributed by atoms with Crippen molar-refractivity contribution in [1.82, 2.24) is 0 Å². The molecule has 0 spiro atoms. The zero-order chi connectivity index (χ0) is 23.2. The summed E-state index contributed by atoms with van der Waals surface area (Å²) in [5.41, 5.74) is 3.37. The number of hydrazone groups is 1. The van der Waals surface area contributed by atoms with Crippen molar-refractivity contribution >= 4 is 35.0 Å². The van der Waals surface area contributed by atoms with Crippen LogP contribution in [-0.4, -0.2) is 24.8 Å². The minimum absolute atomic E-state index is 0.208. The molecular weight excluding hydrogens is 436 g/mol. The van der Waals surface area contributed by atoms with Gasteiger partial charge in [0.25, 0.3) is 5.91 Å². The fourth-order valence-corrected chi connectivity index (χ4v) is 3.82. The molecule has 1 aliphatic rings. The Morgan fingerprint density at radius 3 is 2.33 bits per heavy atom. The van der Waals surface area contributed by atoms with Crippen molar-refractivity contribution in [1.29, 1.82) is 0 Å². The fraction of sp³-hybridized carbons (Fsp3) is 0.185. The highest BCUT2D eigenvalue weighted by Gasteiger charge is 2.32. The van der Waals surface area contributed by atoms with Gasteiger partial charge in [-0.15, -0.1) is 0 Å². The quantitative estimate of drug-likeness (QED) is 0.367. The van der Waals surface area contributed by atoms with Gasteiger partial charge in [0.2, 0.25) is 0 Å². The van der Waals surface area contributed by atoms with E-state index in [4.69, 9.17) is 21.1 Å². The summed E-state index contributed by atoms with van der Waals surface area (Å²) >= 11 is 6.55. The minimum Gasteiger partial charge on any atom is -0.490 e. The van der Waals surface area contributed by atoms with Crippen LogP contribution in [0.15, 0.2) is 83.5 Å². The van der Waals surface area contributed by atoms with E-state index in [2.05, 4.69) is 5.10 Å². The second-order valence-corrected chi connectivity index (χ2v) is 7.84. The van der Waals surface area contributed by atoms with Crippen molar-refractivity contribution in [2.24, 2.45) is 5.10 Å². The Kier molecular flexibility index (Phi) is 7.10. The third kappa shape index (κ3) is 4.94. The molecule has 5 nitrogen and oxygen atoms in total. The Morgan fingerprint density at radius 2 is 1.67 bits per heavy atom. The van der Waals surface area contributed by atoms with E-state index in [9.17, 15) is 4.79 Å². The van der Waals surface area contributed by atoms with E-state index in [-0.39, 0.29) is 5.91 Å². The Bertz CT molecular complexity index is 1190. The van der Waals surface area contributed by atoms with Gasteiger partial charge in [-0.2, -0.15) is 10.1 Å². The molecule has 0 atom stereocenters. The molecule has 0 bridgehead atoms. The molecule has 33 heavy (non-hydrogen) atoms. The van der Waals surface area contributed by atoms with Crippen LogP contribution in [0, 0.1) is 0 Å². The van der Waals surface area contributed by atoms with Gasteiger partial charge in [0.05, 0.1) is 29.5 Å². The van der Waals surface area contributed by atoms with Gasteiger partial charge in [0, 0.05) is 5.56 Å². The summed E-state index contributed by atoms with van der Waals surface area (Å²) in [5, 5.41) is 6.53. The molecule has 1 aliphatic heterocycles. The van der Waals surface area contributed by atoms with Gasteiger partial charge in [-0.25, -0.2) is 0 Å². The number of carbonyl (C=O) groups excluding carboxylic acids is 1. The lowest BCUT2D eigenvalue weighted by Crippen LogP contribution is -2.21. The van der Waals surface area contributed by atoms with Crippen LogP contribution in [0.25, 0.3) is 6.08 Å². The first kappa shape index (κ1) is 22.6. The van der Waals surface area contributed by atoms with E-state index in [1.54, 1.807) is 12.1 Å². The fourth-order valence-electron chi connectivity index (χ4n) is 3.54. The number of rotatable bonds is 8. The van der Waals surface area contributed by atoms with Crippen LogP contribution in [0.4, 0.5) is 5.69 Å². The lowest BCUT2D eigenvalue weighted by Gasteiger charge is -2.14. The van der Waals surface area contributed by atoms with Crippen molar-refractivity contribution < 1.29 is 14.3 Å². The maximum absolute atomic E-state index is 13.5. The highest BCUT2D eigenvalue weighted by atomic mass is 35.5. The first-order valence-corrected chi connectivity index (χ1v) is 11.3. The molecule has 1 heterocycles. The van der Waals surface area contributed by atoms with E-state index in [0.717, 1.165) is 17.5 Å². The van der Waals surface area contributed by atoms with Gasteiger partial charge in [-0.05, 0) is 49.2 Å². The van der Waals surface area contributed by atoms with Gasteiger partial charge in [0.15, 0.2) is 11.5 Å². The summed E-state index contributed by atoms with van der Waals surface area (Å²) < 4.78 is 11.6. The van der Waals surface area contributed by atoms with Crippen molar-refractivity contribution in [2.75, 3.05) is 18.2 Å². The van der Waals surface area contributed by atoms with Gasteiger partial charge in [-0.1, -0.05) is 67.1 Å². The second kappa shape index (κ2) is 10.4. The third-order valence-electron chi connectivity index (χ3n) is 5.02. The predicted molar refractivity (Wildman–Crippen MR) is 133 cm³/mol. The monoisotopic (exact) mass is 460 g/mol. The molecule has 0 unspecified atom stereocenters. The average Bonchev–Trinajstić information content (AvgIpc) is 3.16. The molecule has 0 saturated carbocycles. The SMILES string of the molecule is CCCOc1c(Cl)cc(/C=C2\C(=O)N(c3ccccc3)N=C2c2ccccc2)cc1OCC. The summed E-state index contributed by atoms with van der Waals surface area (Å²) in [6.45, 7) is 4.94. The molecule has 0 saturated heterocycles. The first-order valence-electron chi connectivity index (χ1n) is 11.0. The van der Waals surface area contributed by atoms with E-state index in [1.165, 1.54) is 5.01 Å². The Balaban J connectivity index is 1.79. The largest absolute Gasteiger partial charge is 0.490 e. The van der Waals surface area contributed by atoms with Gasteiger partial charge >= 0.3 is 0 Å². The number of nitrogens with zero attached hydrogens (tertiary/aromatic N) is 2. The van der Waals surface area contributed by atoms with Crippen molar-refractivity contribution in [3.63, 3.8) is 0 Å². The average molecular weight is 461 g/mol. The number of amides is 1. The van der Waals surface area contributed by atoms with Crippen LogP contribution >= 0.6 is 11.6 Å². The number of anilines is 1. The number of halogens is 1. The molecule has 3 aromatic rings. The Hall–Kier alpha value is -3.57. The highest BCUT2D eigenvalue weighted by molar-refractivity contribution is 6.37. The third-order valence-corrected chi connectivity index (χ3v) is 5.30. The minimum atomic E-state index is -0.208. The molecule has 0 aromatic heterocycles. The number of benzene rings is 3. The molecule has 0 radical (unpaired) electrons. The Morgan fingerprint density at radius 1 is 0.970 bits per heavy atom. The maximum atomic E-state index is 13.5. The van der Waals surface area contributed by atoms with Gasteiger partial charge < -0.3 is 9.47 Å². The van der Waals surface area contributed by atoms with Gasteiger partial charge in [0.1, 0.15) is 5.71 Å². The van der Waals surface area contributed by atoms with Crippen LogP contribution in [0.5, 0.6) is 11.5 Å². The van der Waals surface area contributed by atoms with Crippen molar-refractivity contribution in [2.45, 2.75) is 20.3 Å². The van der Waals surface area contributed by atoms with E-state index in [0.29, 0.717) is 46.7 Å². The Labute approximate surface area is 198 Å². The molecule has 1 amide bonds. The highest BCUT2D eigenvalue weighted by Crippen LogP contribution is 2.38. The summed E-state index contributed by atoms with van der Waals surface area (Å²) in [5.74, 6) is 0.859. The zero-order valence-electron chi connectivity index (χ0n) is 18.6. The van der Waals surface area contributed by atoms with Crippen LogP contribution < -0.4 is 14.5 Å². The number of ether oxygens (including phenoxy) is 2. The number of para-hydroxylation sites is 1. The second-order valence-electron chi connectivity index (χ2n) is 7.44. The van der Waals surface area contributed by atoms with E-state index >= 15 is 0 Å². The van der Waals surface area contributed by atoms with E-state index in [1.807, 2.05) is 80.6 Å². The number of hydrogen-bond donors (Lipinski definition) is 0. The zero-order valence-corrected chi connectivity index (χ0v) is 19.4. The summed E-state index contributed by atoms with van der Waals surface area (Å²) in [6.07, 6.45) is 2.66. The van der Waals surface area contributed by atoms with Crippen LogP contribution in [0.3, 0.4) is 0 Å². The number of hydrogen-bond acceptors (Lipinski definition) is 4. The maximum Gasteiger partial charge on any atom is 0.281 e. The molecule has 0 N–H and O–H groups in total. The molecule has 0 aliphatic carbocycles. The van der Waals surface area contributed by atoms with Crippen molar-refractivity contribution in [3.05, 3.63) is 94.5 Å². The molecule has 4 rings (SSSR count). The molecule has 3 aromatic carbocycles. The summed E-state index contributed by atoms with van der Waals surface area (Å²) in [7, 11) is 0. The van der Waals surface area contributed by atoms with Gasteiger partial charge in [-0.3, -0.25) is 4.79 Å². The van der Waals surface area contributed by atoms with Crippen LogP contribution in [-0.2, 0) is 4.79 Å². The standard InChI is InChI=1S/C27H25ClN2O3/c1-3-15-33-26-23(28)17-19(18-24(26)32-4-2)16-22-25(20-11-7-5-8-12-20)29-30(27(22)31)21-13-9-6-10-14-21/h5-14,16-18H,3-4,15H2,1-2H3/b22-16-. The normalized spacial score (nSPS) is 14.5. The molecule has 6 heteroatoms. The number of carbonyl (C=O) groups is 1. The van der Waals surface area contributed by atoms with Crippen LogP contribution in [0.1, 0.15) is 31.4 Å². The van der Waals surface area contributed by atoms with Crippen LogP contribution in [0.2, 0.25) is 5.02 Å². The van der Waals surface area contributed by atoms with Crippen molar-refractivity contribution in [3.8, 4) is 11.5 Å². The molecular formula is C27H25ClN2O3. The lowest BCUT2D eigenvalue weighted by molar-refractivity contribution is -0.114. The predicted octanol–water partition coefficient (Wildman–Crippen LogP) is 6.36. The summed E-state index contributed by atoms with van der Waals surface area (Å²) in [6, 6.07) is 22.7. The molecule has 168 valence electrons. The lowest BCUT2D eigenvalue weighted by atomic mass is 10.00. The summed E-state index contributed by atoms with van der Waals surface area (Å²) in [4.78, 5) is 13.5. The molecule has 0 fully saturated rings. The first-order chi connectivity index (χ1) is 16.1. The smallest absolute Gasteiger partial charge is 0.281 e. The topological polar surface area (TPSA) is 51.1 Å².